The van der Waals surface area contributed by atoms with Crippen molar-refractivity contribution in [1.82, 2.24) is 0 Å². The van der Waals surface area contributed by atoms with Crippen LogP contribution in [0.25, 0.3) is 0 Å². The SMILES string of the molecule is CCC(/C=C/C(C)=O)S(C)=O. The minimum Gasteiger partial charge on any atom is -0.295 e. The molecule has 3 heteroatoms. The molecule has 2 atom stereocenters. The van der Waals surface area contributed by atoms with Gasteiger partial charge in [0.05, 0.1) is 5.25 Å². The molecule has 64 valence electrons. The summed E-state index contributed by atoms with van der Waals surface area (Å²) in [4.78, 5) is 10.5. The van der Waals surface area contributed by atoms with Crippen molar-refractivity contribution in [2.75, 3.05) is 6.26 Å². The van der Waals surface area contributed by atoms with E-state index in [1.165, 1.54) is 13.0 Å². The lowest BCUT2D eigenvalue weighted by atomic mass is 10.3. The van der Waals surface area contributed by atoms with E-state index in [0.717, 1.165) is 6.42 Å². The van der Waals surface area contributed by atoms with Gasteiger partial charge in [-0.05, 0) is 19.4 Å². The third kappa shape index (κ3) is 4.90. The van der Waals surface area contributed by atoms with Crippen LogP contribution >= 0.6 is 0 Å². The molecule has 0 aromatic carbocycles. The summed E-state index contributed by atoms with van der Waals surface area (Å²) in [5, 5.41) is 0.0268. The molecule has 0 N–H and O–H groups in total. The van der Waals surface area contributed by atoms with Gasteiger partial charge in [0.15, 0.2) is 5.78 Å². The highest BCUT2D eigenvalue weighted by atomic mass is 32.2. The van der Waals surface area contributed by atoms with Crippen LogP contribution < -0.4 is 0 Å². The van der Waals surface area contributed by atoms with Gasteiger partial charge in [0, 0.05) is 17.1 Å². The Bertz CT molecular complexity index is 185. The van der Waals surface area contributed by atoms with Crippen molar-refractivity contribution < 1.29 is 9.00 Å². The zero-order valence-electron chi connectivity index (χ0n) is 7.16. The van der Waals surface area contributed by atoms with Crippen LogP contribution in [-0.4, -0.2) is 21.5 Å². The molecule has 0 aliphatic rings. The second-order valence-electron chi connectivity index (χ2n) is 2.42. The molecule has 11 heavy (non-hydrogen) atoms. The van der Waals surface area contributed by atoms with Crippen LogP contribution in [0.2, 0.25) is 0 Å². The lowest BCUT2D eigenvalue weighted by Crippen LogP contribution is -2.09. The summed E-state index contributed by atoms with van der Waals surface area (Å²) in [5.74, 6) is 0.00824. The van der Waals surface area contributed by atoms with Gasteiger partial charge in [-0.25, -0.2) is 0 Å². The van der Waals surface area contributed by atoms with Crippen molar-refractivity contribution in [3.05, 3.63) is 12.2 Å². The Kier molecular flexibility index (Phi) is 5.03. The summed E-state index contributed by atoms with van der Waals surface area (Å²) in [6.45, 7) is 3.44. The van der Waals surface area contributed by atoms with E-state index in [2.05, 4.69) is 0 Å². The maximum absolute atomic E-state index is 10.9. The van der Waals surface area contributed by atoms with Gasteiger partial charge in [0.25, 0.3) is 0 Å². The lowest BCUT2D eigenvalue weighted by Gasteiger charge is -2.03. The molecule has 2 nitrogen and oxygen atoms in total. The lowest BCUT2D eigenvalue weighted by molar-refractivity contribution is -0.112. The third-order valence-electron chi connectivity index (χ3n) is 1.37. The minimum absolute atomic E-state index is 0.00824. The summed E-state index contributed by atoms with van der Waals surface area (Å²) < 4.78 is 10.9. The fourth-order valence-corrected chi connectivity index (χ4v) is 1.49. The number of carbonyl (C=O) groups excluding carboxylic acids is 1. The smallest absolute Gasteiger partial charge is 0.152 e. The molecule has 0 spiro atoms. The Morgan fingerprint density at radius 3 is 2.45 bits per heavy atom. The Hall–Kier alpha value is -0.440. The molecule has 0 aromatic rings. The number of hydrogen-bond acceptors (Lipinski definition) is 2. The van der Waals surface area contributed by atoms with E-state index in [1.54, 1.807) is 12.3 Å². The molecule has 0 aromatic heterocycles. The van der Waals surface area contributed by atoms with Gasteiger partial charge in [0.2, 0.25) is 0 Å². The molecule has 0 saturated carbocycles. The summed E-state index contributed by atoms with van der Waals surface area (Å²) in [7, 11) is -0.859. The number of allylic oxidation sites excluding steroid dienone is 1. The summed E-state index contributed by atoms with van der Waals surface area (Å²) in [6, 6.07) is 0. The van der Waals surface area contributed by atoms with Gasteiger partial charge in [0.1, 0.15) is 0 Å². The Morgan fingerprint density at radius 2 is 2.18 bits per heavy atom. The predicted molar refractivity (Wildman–Crippen MR) is 48.0 cm³/mol. The number of ketones is 1. The zero-order chi connectivity index (χ0) is 8.85. The second kappa shape index (κ2) is 5.24. The fraction of sp³-hybridized carbons (Fsp3) is 0.625. The van der Waals surface area contributed by atoms with E-state index in [9.17, 15) is 9.00 Å². The van der Waals surface area contributed by atoms with Gasteiger partial charge < -0.3 is 0 Å². The van der Waals surface area contributed by atoms with Gasteiger partial charge in [-0.2, -0.15) is 0 Å². The van der Waals surface area contributed by atoms with Crippen LogP contribution in [0.4, 0.5) is 0 Å². The van der Waals surface area contributed by atoms with Crippen LogP contribution in [-0.2, 0) is 15.6 Å². The van der Waals surface area contributed by atoms with Crippen molar-refractivity contribution in [2.45, 2.75) is 25.5 Å². The molecule has 0 saturated heterocycles. The molecule has 0 fully saturated rings. The molecule has 0 heterocycles. The zero-order valence-corrected chi connectivity index (χ0v) is 7.98. The average molecular weight is 174 g/mol. The summed E-state index contributed by atoms with van der Waals surface area (Å²) >= 11 is 0. The molecular formula is C8H14O2S. The van der Waals surface area contributed by atoms with Crippen LogP contribution in [0.5, 0.6) is 0 Å². The highest BCUT2D eigenvalue weighted by Gasteiger charge is 2.04. The molecule has 0 bridgehead atoms. The van der Waals surface area contributed by atoms with E-state index >= 15 is 0 Å². The van der Waals surface area contributed by atoms with Crippen molar-refractivity contribution in [2.24, 2.45) is 0 Å². The number of hydrogen-bond donors (Lipinski definition) is 0. The maximum atomic E-state index is 10.9. The second-order valence-corrected chi connectivity index (χ2v) is 4.02. The standard InChI is InChI=1S/C8H14O2S/c1-4-8(11(3)10)6-5-7(2)9/h5-6,8H,4H2,1-3H3/b6-5+. The molecule has 0 aliphatic heterocycles. The Labute approximate surface area is 70.1 Å². The third-order valence-corrected chi connectivity index (χ3v) is 2.72. The fourth-order valence-electron chi connectivity index (χ4n) is 0.724. The van der Waals surface area contributed by atoms with Gasteiger partial charge in [-0.3, -0.25) is 9.00 Å². The van der Waals surface area contributed by atoms with Gasteiger partial charge in [-0.15, -0.1) is 0 Å². The minimum atomic E-state index is -0.859. The maximum Gasteiger partial charge on any atom is 0.152 e. The van der Waals surface area contributed by atoms with Gasteiger partial charge in [-0.1, -0.05) is 13.0 Å². The van der Waals surface area contributed by atoms with Crippen molar-refractivity contribution >= 4 is 16.6 Å². The first-order valence-electron chi connectivity index (χ1n) is 3.59. The van der Waals surface area contributed by atoms with Crippen molar-refractivity contribution in [3.8, 4) is 0 Å². The Morgan fingerprint density at radius 1 is 1.64 bits per heavy atom. The first-order valence-corrected chi connectivity index (χ1v) is 5.21. The van der Waals surface area contributed by atoms with E-state index in [4.69, 9.17) is 0 Å². The van der Waals surface area contributed by atoms with Crippen molar-refractivity contribution in [3.63, 3.8) is 0 Å². The largest absolute Gasteiger partial charge is 0.295 e. The monoisotopic (exact) mass is 174 g/mol. The van der Waals surface area contributed by atoms with Crippen LogP contribution in [0.1, 0.15) is 20.3 Å². The van der Waals surface area contributed by atoms with Gasteiger partial charge >= 0.3 is 0 Å². The van der Waals surface area contributed by atoms with Crippen LogP contribution in [0.3, 0.4) is 0 Å². The van der Waals surface area contributed by atoms with E-state index in [-0.39, 0.29) is 11.0 Å². The van der Waals surface area contributed by atoms with E-state index < -0.39 is 10.8 Å². The quantitative estimate of drug-likeness (QED) is 0.602. The van der Waals surface area contributed by atoms with Crippen LogP contribution in [0, 0.1) is 0 Å². The highest BCUT2D eigenvalue weighted by Crippen LogP contribution is 2.01. The highest BCUT2D eigenvalue weighted by molar-refractivity contribution is 7.85. The molecule has 0 radical (unpaired) electrons. The molecule has 0 rings (SSSR count). The molecule has 2 unspecified atom stereocenters. The predicted octanol–water partition coefficient (Wildman–Crippen LogP) is 1.29. The number of rotatable bonds is 4. The van der Waals surface area contributed by atoms with Crippen LogP contribution in [0.15, 0.2) is 12.2 Å². The topological polar surface area (TPSA) is 34.1 Å². The molecule has 0 amide bonds. The summed E-state index contributed by atoms with van der Waals surface area (Å²) in [6.07, 6.45) is 5.67. The molecule has 0 aliphatic carbocycles. The van der Waals surface area contributed by atoms with E-state index in [1.807, 2.05) is 6.92 Å². The summed E-state index contributed by atoms with van der Waals surface area (Å²) in [5.41, 5.74) is 0. The first-order chi connectivity index (χ1) is 5.07. The Balaban J connectivity index is 4.08. The molecular weight excluding hydrogens is 160 g/mol. The van der Waals surface area contributed by atoms with E-state index in [0.29, 0.717) is 0 Å². The number of carbonyl (C=O) groups is 1. The average Bonchev–Trinajstić information content (AvgIpc) is 1.87. The normalized spacial score (nSPS) is 16.6. The first kappa shape index (κ1) is 10.6. The van der Waals surface area contributed by atoms with Crippen molar-refractivity contribution in [1.29, 1.82) is 0 Å².